The second kappa shape index (κ2) is 9.05. The molecule has 6 heteroatoms. The molecule has 0 radical (unpaired) electrons. The fourth-order valence-corrected chi connectivity index (χ4v) is 2.23. The van der Waals surface area contributed by atoms with Crippen molar-refractivity contribution < 1.29 is 0 Å². The maximum atomic E-state index is 4.36. The van der Waals surface area contributed by atoms with Crippen LogP contribution in [-0.4, -0.2) is 60.6 Å². The summed E-state index contributed by atoms with van der Waals surface area (Å²) >= 11 is 0. The van der Waals surface area contributed by atoms with Crippen molar-refractivity contribution in [2.45, 2.75) is 12.8 Å². The number of anilines is 2. The molecule has 0 bridgehead atoms. The van der Waals surface area contributed by atoms with Gasteiger partial charge in [-0.15, -0.1) is 0 Å². The lowest BCUT2D eigenvalue weighted by molar-refractivity contribution is 0.405. The van der Waals surface area contributed by atoms with E-state index >= 15 is 0 Å². The second-order valence-electron chi connectivity index (χ2n) is 5.87. The van der Waals surface area contributed by atoms with Crippen molar-refractivity contribution in [2.24, 2.45) is 0 Å². The molecule has 0 spiro atoms. The second-order valence-corrected chi connectivity index (χ2v) is 5.87. The van der Waals surface area contributed by atoms with E-state index in [2.05, 4.69) is 51.2 Å². The molecule has 2 heterocycles. The average Bonchev–Trinajstić information content (AvgIpc) is 2.57. The summed E-state index contributed by atoms with van der Waals surface area (Å²) in [4.78, 5) is 17.0. The minimum Gasteiger partial charge on any atom is -0.370 e. The monoisotopic (exact) mass is 314 g/mol. The van der Waals surface area contributed by atoms with Crippen LogP contribution in [0.4, 0.5) is 11.6 Å². The van der Waals surface area contributed by atoms with E-state index in [1.807, 2.05) is 30.6 Å². The lowest BCUT2D eigenvalue weighted by Crippen LogP contribution is -2.22. The summed E-state index contributed by atoms with van der Waals surface area (Å²) < 4.78 is 0. The molecular weight excluding hydrogens is 288 g/mol. The van der Waals surface area contributed by atoms with Gasteiger partial charge in [0, 0.05) is 38.6 Å². The van der Waals surface area contributed by atoms with Crippen molar-refractivity contribution >= 4 is 11.6 Å². The predicted octanol–water partition coefficient (Wildman–Crippen LogP) is 1.91. The SMILES string of the molecule is CN(C)CCCNc1cc(N(C)CCc2ccncc2)ncn1. The van der Waals surface area contributed by atoms with E-state index in [4.69, 9.17) is 0 Å². The molecule has 0 aliphatic heterocycles. The fourth-order valence-electron chi connectivity index (χ4n) is 2.23. The van der Waals surface area contributed by atoms with E-state index in [-0.39, 0.29) is 0 Å². The summed E-state index contributed by atoms with van der Waals surface area (Å²) in [7, 11) is 6.22. The van der Waals surface area contributed by atoms with Gasteiger partial charge in [0.05, 0.1) is 0 Å². The quantitative estimate of drug-likeness (QED) is 0.714. The van der Waals surface area contributed by atoms with Crippen molar-refractivity contribution in [1.82, 2.24) is 19.9 Å². The molecule has 2 aromatic heterocycles. The highest BCUT2D eigenvalue weighted by atomic mass is 15.2. The van der Waals surface area contributed by atoms with Gasteiger partial charge >= 0.3 is 0 Å². The van der Waals surface area contributed by atoms with Gasteiger partial charge in [0.15, 0.2) is 0 Å². The predicted molar refractivity (Wildman–Crippen MR) is 94.9 cm³/mol. The average molecular weight is 314 g/mol. The van der Waals surface area contributed by atoms with Crippen molar-refractivity contribution in [3.05, 3.63) is 42.5 Å². The number of aromatic nitrogens is 3. The van der Waals surface area contributed by atoms with E-state index in [0.717, 1.165) is 44.1 Å². The Labute approximate surface area is 138 Å². The van der Waals surface area contributed by atoms with Gasteiger partial charge in [0.2, 0.25) is 0 Å². The first-order valence-corrected chi connectivity index (χ1v) is 7.96. The first kappa shape index (κ1) is 17.1. The largest absolute Gasteiger partial charge is 0.370 e. The molecule has 2 rings (SSSR count). The van der Waals surface area contributed by atoms with Crippen LogP contribution in [0.1, 0.15) is 12.0 Å². The Balaban J connectivity index is 1.83. The maximum Gasteiger partial charge on any atom is 0.133 e. The summed E-state index contributed by atoms with van der Waals surface area (Å²) in [6.07, 6.45) is 7.33. The zero-order valence-electron chi connectivity index (χ0n) is 14.2. The fraction of sp³-hybridized carbons (Fsp3) is 0.471. The molecule has 1 N–H and O–H groups in total. The van der Waals surface area contributed by atoms with Crippen LogP contribution in [0.5, 0.6) is 0 Å². The van der Waals surface area contributed by atoms with Crippen LogP contribution in [0.2, 0.25) is 0 Å². The molecular formula is C17H26N6. The van der Waals surface area contributed by atoms with Gasteiger partial charge in [-0.25, -0.2) is 9.97 Å². The molecule has 2 aromatic rings. The highest BCUT2D eigenvalue weighted by Gasteiger charge is 2.05. The number of nitrogens with one attached hydrogen (secondary N) is 1. The van der Waals surface area contributed by atoms with E-state index in [9.17, 15) is 0 Å². The zero-order chi connectivity index (χ0) is 16.5. The third-order valence-corrected chi connectivity index (χ3v) is 3.62. The topological polar surface area (TPSA) is 57.2 Å². The molecule has 0 aliphatic carbocycles. The van der Waals surface area contributed by atoms with Crippen molar-refractivity contribution in [3.63, 3.8) is 0 Å². The first-order chi connectivity index (χ1) is 11.1. The van der Waals surface area contributed by atoms with Crippen molar-refractivity contribution in [1.29, 1.82) is 0 Å². The maximum absolute atomic E-state index is 4.36. The van der Waals surface area contributed by atoms with Crippen LogP contribution in [0.15, 0.2) is 36.9 Å². The zero-order valence-corrected chi connectivity index (χ0v) is 14.2. The van der Waals surface area contributed by atoms with Gasteiger partial charge in [-0.05, 0) is 51.2 Å². The highest BCUT2D eigenvalue weighted by Crippen LogP contribution is 2.13. The van der Waals surface area contributed by atoms with Crippen LogP contribution in [0.25, 0.3) is 0 Å². The Morgan fingerprint density at radius 1 is 1.04 bits per heavy atom. The van der Waals surface area contributed by atoms with Gasteiger partial charge in [-0.3, -0.25) is 4.98 Å². The number of hydrogen-bond donors (Lipinski definition) is 1. The van der Waals surface area contributed by atoms with E-state index in [1.54, 1.807) is 6.33 Å². The third-order valence-electron chi connectivity index (χ3n) is 3.62. The molecule has 0 saturated heterocycles. The smallest absolute Gasteiger partial charge is 0.133 e. The molecule has 0 saturated carbocycles. The summed E-state index contributed by atoms with van der Waals surface area (Å²) in [6, 6.07) is 6.10. The standard InChI is InChI=1S/C17H26N6/c1-22(2)11-4-8-19-16-13-17(21-14-20-16)23(3)12-7-15-5-9-18-10-6-15/h5-6,9-10,13-14H,4,7-8,11-12H2,1-3H3,(H,19,20,21). The molecule has 0 aliphatic rings. The molecule has 0 amide bonds. The van der Waals surface area contributed by atoms with Crippen LogP contribution >= 0.6 is 0 Å². The van der Waals surface area contributed by atoms with E-state index < -0.39 is 0 Å². The minimum absolute atomic E-state index is 0.879. The highest BCUT2D eigenvalue weighted by molar-refractivity contribution is 5.47. The molecule has 0 fully saturated rings. The number of hydrogen-bond acceptors (Lipinski definition) is 6. The van der Waals surface area contributed by atoms with E-state index in [1.165, 1.54) is 5.56 Å². The van der Waals surface area contributed by atoms with Gasteiger partial charge < -0.3 is 15.1 Å². The summed E-state index contributed by atoms with van der Waals surface area (Å²) in [5.74, 6) is 1.81. The molecule has 0 atom stereocenters. The summed E-state index contributed by atoms with van der Waals surface area (Å²) in [5, 5.41) is 3.36. The Hall–Kier alpha value is -2.21. The number of likely N-dealkylation sites (N-methyl/N-ethyl adjacent to an activating group) is 1. The van der Waals surface area contributed by atoms with E-state index in [0.29, 0.717) is 0 Å². The van der Waals surface area contributed by atoms with Crippen LogP contribution in [0, 0.1) is 0 Å². The lowest BCUT2D eigenvalue weighted by atomic mass is 10.2. The van der Waals surface area contributed by atoms with Gasteiger partial charge in [-0.2, -0.15) is 0 Å². The molecule has 6 nitrogen and oxygen atoms in total. The summed E-state index contributed by atoms with van der Waals surface area (Å²) in [5.41, 5.74) is 1.28. The van der Waals surface area contributed by atoms with Gasteiger partial charge in [0.1, 0.15) is 18.0 Å². The number of pyridine rings is 1. The van der Waals surface area contributed by atoms with Crippen LogP contribution in [-0.2, 0) is 6.42 Å². The van der Waals surface area contributed by atoms with Crippen LogP contribution in [0.3, 0.4) is 0 Å². The molecule has 0 aromatic carbocycles. The van der Waals surface area contributed by atoms with Crippen molar-refractivity contribution in [2.75, 3.05) is 51.0 Å². The van der Waals surface area contributed by atoms with Crippen molar-refractivity contribution in [3.8, 4) is 0 Å². The normalized spacial score (nSPS) is 10.8. The minimum atomic E-state index is 0.879. The molecule has 23 heavy (non-hydrogen) atoms. The molecule has 124 valence electrons. The Morgan fingerprint density at radius 2 is 1.83 bits per heavy atom. The lowest BCUT2D eigenvalue weighted by Gasteiger charge is -2.18. The first-order valence-electron chi connectivity index (χ1n) is 7.96. The van der Waals surface area contributed by atoms with Crippen LogP contribution < -0.4 is 10.2 Å². The Bertz CT molecular complexity index is 572. The number of rotatable bonds is 9. The van der Waals surface area contributed by atoms with Gasteiger partial charge in [-0.1, -0.05) is 0 Å². The van der Waals surface area contributed by atoms with Gasteiger partial charge in [0.25, 0.3) is 0 Å². The Kier molecular flexibility index (Phi) is 6.75. The Morgan fingerprint density at radius 3 is 2.57 bits per heavy atom. The summed E-state index contributed by atoms with van der Waals surface area (Å²) in [6.45, 7) is 2.88. The number of nitrogens with zero attached hydrogens (tertiary/aromatic N) is 5. The third kappa shape index (κ3) is 6.20. The molecule has 0 unspecified atom stereocenters.